The van der Waals surface area contributed by atoms with Crippen molar-refractivity contribution in [3.63, 3.8) is 0 Å². The first-order chi connectivity index (χ1) is 11.3. The third-order valence-corrected chi connectivity index (χ3v) is 6.47. The van der Waals surface area contributed by atoms with E-state index in [1.54, 1.807) is 0 Å². The van der Waals surface area contributed by atoms with E-state index in [2.05, 4.69) is 29.5 Å². The topological polar surface area (TPSA) is 49.3 Å². The van der Waals surface area contributed by atoms with Gasteiger partial charge >= 0.3 is 0 Å². The Bertz CT molecular complexity index is 529. The van der Waals surface area contributed by atoms with Crippen LogP contribution in [0.5, 0.6) is 0 Å². The van der Waals surface area contributed by atoms with Gasteiger partial charge in [0.15, 0.2) is 5.96 Å². The van der Waals surface area contributed by atoms with Crippen molar-refractivity contribution in [3.8, 4) is 0 Å². The Morgan fingerprint density at radius 2 is 2.17 bits per heavy atom. The molecular weight excluding hydrogens is 304 g/mol. The molecule has 2 saturated carbocycles. The van der Waals surface area contributed by atoms with E-state index in [9.17, 15) is 0 Å². The highest BCUT2D eigenvalue weighted by Crippen LogP contribution is 2.57. The minimum absolute atomic E-state index is 0.549. The lowest BCUT2D eigenvalue weighted by atomic mass is 9.65. The van der Waals surface area contributed by atoms with E-state index in [0.717, 1.165) is 44.4 Å². The number of aryl methyl sites for hydroxylation is 1. The molecule has 4 nitrogen and oxygen atoms in total. The van der Waals surface area contributed by atoms with Crippen molar-refractivity contribution in [1.82, 2.24) is 15.6 Å². The number of hydrogen-bond donors (Lipinski definition) is 2. The second-order valence-corrected chi connectivity index (χ2v) is 8.14. The molecule has 1 aromatic heterocycles. The number of nitrogens with one attached hydrogen (secondary N) is 2. The number of guanidine groups is 1. The number of hydrogen-bond acceptors (Lipinski definition) is 3. The molecule has 128 valence electrons. The van der Waals surface area contributed by atoms with Gasteiger partial charge < -0.3 is 10.6 Å². The van der Waals surface area contributed by atoms with E-state index < -0.39 is 0 Å². The Hall–Kier alpha value is -1.10. The molecule has 1 heterocycles. The Morgan fingerprint density at radius 1 is 1.35 bits per heavy atom. The number of rotatable bonds is 8. The molecule has 2 fully saturated rings. The highest BCUT2D eigenvalue weighted by Gasteiger charge is 2.48. The predicted molar refractivity (Wildman–Crippen MR) is 98.2 cm³/mol. The van der Waals surface area contributed by atoms with Crippen molar-refractivity contribution >= 4 is 17.3 Å². The van der Waals surface area contributed by atoms with Gasteiger partial charge in [0.05, 0.1) is 5.01 Å². The lowest BCUT2D eigenvalue weighted by molar-refractivity contribution is 0.113. The average molecular weight is 335 g/mol. The van der Waals surface area contributed by atoms with Crippen molar-refractivity contribution in [3.05, 3.63) is 16.1 Å². The zero-order valence-electron chi connectivity index (χ0n) is 14.5. The highest BCUT2D eigenvalue weighted by molar-refractivity contribution is 7.11. The van der Waals surface area contributed by atoms with Crippen LogP contribution >= 0.6 is 11.3 Å². The van der Waals surface area contributed by atoms with Crippen LogP contribution in [0.3, 0.4) is 0 Å². The number of aromatic nitrogens is 1. The smallest absolute Gasteiger partial charge is 0.191 e. The highest BCUT2D eigenvalue weighted by atomic mass is 32.1. The SMILES string of the molecule is CCNC(=NCC1(C2CC2)CCC1)NCCc1ncc(CC)s1. The first kappa shape index (κ1) is 16.7. The predicted octanol–water partition coefficient (Wildman–Crippen LogP) is 3.38. The van der Waals surface area contributed by atoms with E-state index in [0.29, 0.717) is 5.41 Å². The summed E-state index contributed by atoms with van der Waals surface area (Å²) in [6.07, 6.45) is 11.1. The molecule has 0 unspecified atom stereocenters. The van der Waals surface area contributed by atoms with Crippen LogP contribution in [-0.4, -0.2) is 30.6 Å². The third kappa shape index (κ3) is 4.25. The molecule has 0 radical (unpaired) electrons. The van der Waals surface area contributed by atoms with Gasteiger partial charge in [-0.1, -0.05) is 13.3 Å². The molecule has 3 rings (SSSR count). The summed E-state index contributed by atoms with van der Waals surface area (Å²) in [7, 11) is 0. The van der Waals surface area contributed by atoms with E-state index in [1.807, 2.05) is 17.5 Å². The van der Waals surface area contributed by atoms with Crippen LogP contribution in [-0.2, 0) is 12.8 Å². The van der Waals surface area contributed by atoms with Gasteiger partial charge in [0, 0.05) is 37.1 Å². The fraction of sp³-hybridized carbons (Fsp3) is 0.778. The van der Waals surface area contributed by atoms with Crippen molar-refractivity contribution in [2.75, 3.05) is 19.6 Å². The molecule has 2 N–H and O–H groups in total. The summed E-state index contributed by atoms with van der Waals surface area (Å²) in [5.41, 5.74) is 0.549. The van der Waals surface area contributed by atoms with Gasteiger partial charge in [-0.25, -0.2) is 4.98 Å². The maximum absolute atomic E-state index is 4.90. The van der Waals surface area contributed by atoms with Crippen LogP contribution in [0.25, 0.3) is 0 Å². The van der Waals surface area contributed by atoms with Crippen LogP contribution in [0.15, 0.2) is 11.2 Å². The van der Waals surface area contributed by atoms with Crippen molar-refractivity contribution in [1.29, 1.82) is 0 Å². The summed E-state index contributed by atoms with van der Waals surface area (Å²) < 4.78 is 0. The number of nitrogens with zero attached hydrogens (tertiary/aromatic N) is 2. The van der Waals surface area contributed by atoms with E-state index >= 15 is 0 Å². The summed E-state index contributed by atoms with van der Waals surface area (Å²) >= 11 is 1.83. The Kier molecular flexibility index (Phi) is 5.57. The maximum atomic E-state index is 4.90. The summed E-state index contributed by atoms with van der Waals surface area (Å²) in [5, 5.41) is 8.09. The first-order valence-electron chi connectivity index (χ1n) is 9.21. The lowest BCUT2D eigenvalue weighted by Crippen LogP contribution is -2.41. The van der Waals surface area contributed by atoms with Gasteiger partial charge in [-0.15, -0.1) is 11.3 Å². The Labute approximate surface area is 144 Å². The van der Waals surface area contributed by atoms with Crippen molar-refractivity contribution in [2.45, 2.75) is 58.8 Å². The van der Waals surface area contributed by atoms with Gasteiger partial charge in [-0.2, -0.15) is 0 Å². The fourth-order valence-corrected chi connectivity index (χ4v) is 4.38. The zero-order valence-corrected chi connectivity index (χ0v) is 15.3. The number of aliphatic imine (C=N–C) groups is 1. The molecule has 0 aromatic carbocycles. The maximum Gasteiger partial charge on any atom is 0.191 e. The van der Waals surface area contributed by atoms with Crippen LogP contribution in [0.2, 0.25) is 0 Å². The molecule has 0 aliphatic heterocycles. The molecular formula is C18H30N4S. The van der Waals surface area contributed by atoms with Crippen molar-refractivity contribution in [2.24, 2.45) is 16.3 Å². The quantitative estimate of drug-likeness (QED) is 0.566. The molecule has 2 aliphatic rings. The third-order valence-electron chi connectivity index (χ3n) is 5.27. The molecule has 0 spiro atoms. The van der Waals surface area contributed by atoms with Gasteiger partial charge in [-0.05, 0) is 50.4 Å². The van der Waals surface area contributed by atoms with E-state index in [1.165, 1.54) is 42.0 Å². The van der Waals surface area contributed by atoms with Gasteiger partial charge in [0.2, 0.25) is 0 Å². The minimum atomic E-state index is 0.549. The standard InChI is InChI=1S/C18H30N4S/c1-3-15-12-21-16(23-15)8-11-20-17(19-4-2)22-13-18(9-5-10-18)14-6-7-14/h12,14H,3-11,13H2,1-2H3,(H2,19,20,22). The van der Waals surface area contributed by atoms with E-state index in [4.69, 9.17) is 4.99 Å². The fourth-order valence-electron chi connectivity index (χ4n) is 3.52. The van der Waals surface area contributed by atoms with Crippen LogP contribution in [0.1, 0.15) is 55.8 Å². The first-order valence-corrected chi connectivity index (χ1v) is 10.0. The lowest BCUT2D eigenvalue weighted by Gasteiger charge is -2.41. The summed E-state index contributed by atoms with van der Waals surface area (Å²) in [5.74, 6) is 1.94. The normalized spacial score (nSPS) is 20.2. The summed E-state index contributed by atoms with van der Waals surface area (Å²) in [4.78, 5) is 10.8. The van der Waals surface area contributed by atoms with Gasteiger partial charge in [0.1, 0.15) is 0 Å². The summed E-state index contributed by atoms with van der Waals surface area (Å²) in [6.45, 7) is 7.13. The van der Waals surface area contributed by atoms with Crippen molar-refractivity contribution < 1.29 is 0 Å². The molecule has 5 heteroatoms. The minimum Gasteiger partial charge on any atom is -0.357 e. The van der Waals surface area contributed by atoms with Gasteiger partial charge in [0.25, 0.3) is 0 Å². The molecule has 0 atom stereocenters. The molecule has 1 aromatic rings. The largest absolute Gasteiger partial charge is 0.357 e. The zero-order chi connectivity index (χ0) is 16.1. The number of thiazole rings is 1. The van der Waals surface area contributed by atoms with Crippen LogP contribution < -0.4 is 10.6 Å². The Balaban J connectivity index is 1.48. The summed E-state index contributed by atoms with van der Waals surface area (Å²) in [6, 6.07) is 0. The van der Waals surface area contributed by atoms with Crippen LogP contribution in [0.4, 0.5) is 0 Å². The second kappa shape index (κ2) is 7.65. The molecule has 0 bridgehead atoms. The Morgan fingerprint density at radius 3 is 2.74 bits per heavy atom. The second-order valence-electron chi connectivity index (χ2n) is 6.94. The molecule has 2 aliphatic carbocycles. The van der Waals surface area contributed by atoms with Crippen LogP contribution in [0, 0.1) is 11.3 Å². The molecule has 0 saturated heterocycles. The molecule has 0 amide bonds. The van der Waals surface area contributed by atoms with Gasteiger partial charge in [-0.3, -0.25) is 4.99 Å². The average Bonchev–Trinajstić information content (AvgIpc) is 3.25. The van der Waals surface area contributed by atoms with E-state index in [-0.39, 0.29) is 0 Å². The molecule has 23 heavy (non-hydrogen) atoms. The monoisotopic (exact) mass is 334 g/mol.